The molecule has 0 unspecified atom stereocenters. The van der Waals surface area contributed by atoms with Gasteiger partial charge < -0.3 is 10.1 Å². The van der Waals surface area contributed by atoms with Crippen molar-refractivity contribution in [3.05, 3.63) is 65.2 Å². The first-order valence-electron chi connectivity index (χ1n) is 7.84. The molecule has 3 aromatic rings. The Morgan fingerprint density at radius 3 is 2.72 bits per heavy atom. The maximum atomic E-state index is 11.9. The Labute approximate surface area is 149 Å². The summed E-state index contributed by atoms with van der Waals surface area (Å²) in [7, 11) is 0. The van der Waals surface area contributed by atoms with E-state index in [1.165, 1.54) is 11.3 Å². The lowest BCUT2D eigenvalue weighted by Crippen LogP contribution is -2.19. The normalized spacial score (nSPS) is 10.3. The van der Waals surface area contributed by atoms with Crippen molar-refractivity contribution >= 4 is 28.2 Å². The third kappa shape index (κ3) is 5.29. The summed E-state index contributed by atoms with van der Waals surface area (Å²) in [5, 5.41) is 14.7. The van der Waals surface area contributed by atoms with Crippen molar-refractivity contribution in [3.8, 4) is 5.75 Å². The van der Waals surface area contributed by atoms with Gasteiger partial charge in [-0.2, -0.15) is 0 Å². The standard InChI is InChI=1S/C18H18N4O2S/c1-13-6-5-9-15(12-13)24-11-10-16-21-22-18(25-16)20-17(23)19-14-7-3-2-4-8-14/h2-9,12H,10-11H2,1H3,(H2,19,20,22,23). The number of anilines is 2. The van der Waals surface area contributed by atoms with E-state index >= 15 is 0 Å². The highest BCUT2D eigenvalue weighted by Gasteiger charge is 2.08. The minimum atomic E-state index is -0.343. The van der Waals surface area contributed by atoms with E-state index in [4.69, 9.17) is 4.74 Å². The number of nitrogens with one attached hydrogen (secondary N) is 2. The summed E-state index contributed by atoms with van der Waals surface area (Å²) < 4.78 is 5.70. The topological polar surface area (TPSA) is 76.1 Å². The van der Waals surface area contributed by atoms with Gasteiger partial charge in [-0.1, -0.05) is 41.7 Å². The Morgan fingerprint density at radius 2 is 1.92 bits per heavy atom. The molecular weight excluding hydrogens is 336 g/mol. The quantitative estimate of drug-likeness (QED) is 0.698. The molecule has 2 amide bonds. The van der Waals surface area contributed by atoms with Crippen molar-refractivity contribution in [2.24, 2.45) is 0 Å². The summed E-state index contributed by atoms with van der Waals surface area (Å²) in [6.07, 6.45) is 0.633. The fourth-order valence-corrected chi connectivity index (χ4v) is 2.86. The lowest BCUT2D eigenvalue weighted by molar-refractivity contribution is 0.262. The largest absolute Gasteiger partial charge is 0.493 e. The van der Waals surface area contributed by atoms with Gasteiger partial charge in [-0.15, -0.1) is 10.2 Å². The van der Waals surface area contributed by atoms with Crippen LogP contribution in [0.1, 0.15) is 10.6 Å². The third-order valence-corrected chi connectivity index (χ3v) is 4.19. The zero-order valence-electron chi connectivity index (χ0n) is 13.7. The average Bonchev–Trinajstić information content (AvgIpc) is 3.03. The van der Waals surface area contributed by atoms with Crippen molar-refractivity contribution in [3.63, 3.8) is 0 Å². The van der Waals surface area contributed by atoms with E-state index in [9.17, 15) is 4.79 Å². The van der Waals surface area contributed by atoms with Gasteiger partial charge >= 0.3 is 6.03 Å². The van der Waals surface area contributed by atoms with Crippen LogP contribution in [-0.2, 0) is 6.42 Å². The van der Waals surface area contributed by atoms with Crippen molar-refractivity contribution in [1.29, 1.82) is 0 Å². The molecule has 0 radical (unpaired) electrons. The molecule has 0 saturated heterocycles. The maximum absolute atomic E-state index is 11.9. The van der Waals surface area contributed by atoms with E-state index in [1.54, 1.807) is 0 Å². The molecule has 6 nitrogen and oxygen atoms in total. The first kappa shape index (κ1) is 16.9. The maximum Gasteiger partial charge on any atom is 0.325 e. The second-order valence-corrected chi connectivity index (χ2v) is 6.42. The molecule has 0 atom stereocenters. The third-order valence-electron chi connectivity index (χ3n) is 3.29. The number of hydrogen-bond donors (Lipinski definition) is 2. The molecule has 0 aliphatic heterocycles. The van der Waals surface area contributed by atoms with Crippen molar-refractivity contribution in [1.82, 2.24) is 10.2 Å². The van der Waals surface area contributed by atoms with Gasteiger partial charge in [-0.05, 0) is 36.8 Å². The van der Waals surface area contributed by atoms with Crippen LogP contribution in [0, 0.1) is 6.92 Å². The van der Waals surface area contributed by atoms with Crippen LogP contribution in [0.15, 0.2) is 54.6 Å². The molecule has 25 heavy (non-hydrogen) atoms. The second kappa shape index (κ2) is 8.25. The van der Waals surface area contributed by atoms with Crippen LogP contribution in [0.5, 0.6) is 5.75 Å². The SMILES string of the molecule is Cc1cccc(OCCc2nnc(NC(=O)Nc3ccccc3)s2)c1. The lowest BCUT2D eigenvalue weighted by Gasteiger charge is -2.05. The summed E-state index contributed by atoms with van der Waals surface area (Å²) in [6, 6.07) is 16.8. The molecule has 128 valence electrons. The van der Waals surface area contributed by atoms with Gasteiger partial charge in [-0.25, -0.2) is 4.79 Å². The van der Waals surface area contributed by atoms with Gasteiger partial charge in [0.2, 0.25) is 5.13 Å². The fourth-order valence-electron chi connectivity index (χ4n) is 2.15. The van der Waals surface area contributed by atoms with E-state index < -0.39 is 0 Å². The van der Waals surface area contributed by atoms with Gasteiger partial charge in [0.1, 0.15) is 10.8 Å². The molecule has 2 N–H and O–H groups in total. The molecule has 0 aliphatic rings. The highest BCUT2D eigenvalue weighted by molar-refractivity contribution is 7.15. The Morgan fingerprint density at radius 1 is 1.08 bits per heavy atom. The van der Waals surface area contributed by atoms with Crippen molar-refractivity contribution in [2.75, 3.05) is 17.2 Å². The predicted octanol–water partition coefficient (Wildman–Crippen LogP) is 4.11. The number of ether oxygens (including phenoxy) is 1. The van der Waals surface area contributed by atoms with Crippen LogP contribution in [0.4, 0.5) is 15.6 Å². The highest BCUT2D eigenvalue weighted by atomic mass is 32.1. The second-order valence-electron chi connectivity index (χ2n) is 5.36. The zero-order valence-corrected chi connectivity index (χ0v) is 14.5. The van der Waals surface area contributed by atoms with Gasteiger partial charge in [-0.3, -0.25) is 5.32 Å². The number of carbonyl (C=O) groups is 1. The van der Waals surface area contributed by atoms with Crippen LogP contribution in [0.3, 0.4) is 0 Å². The highest BCUT2D eigenvalue weighted by Crippen LogP contribution is 2.17. The monoisotopic (exact) mass is 354 g/mol. The lowest BCUT2D eigenvalue weighted by atomic mass is 10.2. The number of rotatable bonds is 6. The molecule has 0 saturated carbocycles. The zero-order chi connectivity index (χ0) is 17.5. The van der Waals surface area contributed by atoms with Gasteiger partial charge in [0.05, 0.1) is 6.61 Å². The summed E-state index contributed by atoms with van der Waals surface area (Å²) in [5.41, 5.74) is 1.88. The molecule has 7 heteroatoms. The summed E-state index contributed by atoms with van der Waals surface area (Å²) in [5.74, 6) is 0.838. The van der Waals surface area contributed by atoms with E-state index in [-0.39, 0.29) is 6.03 Å². The van der Waals surface area contributed by atoms with E-state index in [0.717, 1.165) is 22.0 Å². The molecule has 2 aromatic carbocycles. The molecule has 3 rings (SSSR count). The number of para-hydroxylation sites is 1. The molecule has 1 heterocycles. The molecule has 0 bridgehead atoms. The van der Waals surface area contributed by atoms with Crippen LogP contribution < -0.4 is 15.4 Å². The van der Waals surface area contributed by atoms with Crippen molar-refractivity contribution in [2.45, 2.75) is 13.3 Å². The number of aryl methyl sites for hydroxylation is 1. The smallest absolute Gasteiger partial charge is 0.325 e. The minimum Gasteiger partial charge on any atom is -0.493 e. The number of carbonyl (C=O) groups excluding carboxylic acids is 1. The van der Waals surface area contributed by atoms with Crippen LogP contribution in [0.2, 0.25) is 0 Å². The number of urea groups is 1. The van der Waals surface area contributed by atoms with Crippen LogP contribution >= 0.6 is 11.3 Å². The van der Waals surface area contributed by atoms with Gasteiger partial charge in [0, 0.05) is 12.1 Å². The van der Waals surface area contributed by atoms with Gasteiger partial charge in [0.25, 0.3) is 0 Å². The average molecular weight is 354 g/mol. The molecule has 0 fully saturated rings. The minimum absolute atomic E-state index is 0.343. The summed E-state index contributed by atoms with van der Waals surface area (Å²) in [6.45, 7) is 2.53. The first-order valence-corrected chi connectivity index (χ1v) is 8.65. The Hall–Kier alpha value is -2.93. The van der Waals surface area contributed by atoms with E-state index in [0.29, 0.717) is 18.2 Å². The Bertz CT molecular complexity index is 836. The number of nitrogens with zero attached hydrogens (tertiary/aromatic N) is 2. The van der Waals surface area contributed by atoms with Gasteiger partial charge in [0.15, 0.2) is 0 Å². The summed E-state index contributed by atoms with van der Waals surface area (Å²) in [4.78, 5) is 11.9. The number of aromatic nitrogens is 2. The first-order chi connectivity index (χ1) is 12.2. The molecule has 0 aliphatic carbocycles. The van der Waals surface area contributed by atoms with Crippen molar-refractivity contribution < 1.29 is 9.53 Å². The number of hydrogen-bond acceptors (Lipinski definition) is 5. The Kier molecular flexibility index (Phi) is 5.58. The molecular formula is C18H18N4O2S. The molecule has 0 spiro atoms. The van der Waals surface area contributed by atoms with E-state index in [1.807, 2.05) is 61.5 Å². The number of amides is 2. The molecule has 1 aromatic heterocycles. The fraction of sp³-hybridized carbons (Fsp3) is 0.167. The van der Waals surface area contributed by atoms with E-state index in [2.05, 4.69) is 20.8 Å². The van der Waals surface area contributed by atoms with Crippen LogP contribution in [-0.4, -0.2) is 22.8 Å². The van der Waals surface area contributed by atoms with Crippen LogP contribution in [0.25, 0.3) is 0 Å². The Balaban J connectivity index is 1.46. The number of benzene rings is 2. The summed E-state index contributed by atoms with van der Waals surface area (Å²) >= 11 is 1.34. The predicted molar refractivity (Wildman–Crippen MR) is 99.4 cm³/mol.